The normalized spacial score (nSPS) is 16.7. The molecule has 1 fully saturated rings. The Labute approximate surface area is 138 Å². The number of nitrogens with one attached hydrogen (secondary N) is 1. The molecule has 2 aliphatic heterocycles. The molecule has 23 heavy (non-hydrogen) atoms. The predicted octanol–water partition coefficient (Wildman–Crippen LogP) is 2.16. The maximum absolute atomic E-state index is 12.7. The van der Waals surface area contributed by atoms with Gasteiger partial charge in [-0.05, 0) is 18.2 Å². The molecule has 120 valence electrons. The Kier molecular flexibility index (Phi) is 3.74. The number of aromatic amines is 1. The van der Waals surface area contributed by atoms with E-state index >= 15 is 0 Å². The molecule has 7 heteroatoms. The van der Waals surface area contributed by atoms with Crippen LogP contribution in [-0.2, 0) is 10.5 Å². The van der Waals surface area contributed by atoms with E-state index in [4.69, 9.17) is 9.47 Å². The van der Waals surface area contributed by atoms with Crippen molar-refractivity contribution in [2.75, 3.05) is 33.4 Å². The molecule has 2 aromatic rings. The summed E-state index contributed by atoms with van der Waals surface area (Å²) in [6.07, 6.45) is 0. The molecular formula is C16H17N3O3S. The van der Waals surface area contributed by atoms with Gasteiger partial charge < -0.3 is 14.4 Å². The lowest BCUT2D eigenvalue weighted by molar-refractivity contribution is 0.0298. The first kappa shape index (κ1) is 14.6. The molecule has 1 aromatic carbocycles. The summed E-state index contributed by atoms with van der Waals surface area (Å²) in [4.78, 5) is 15.7. The second-order valence-corrected chi connectivity index (χ2v) is 6.50. The molecule has 1 amide bonds. The number of hydrogen-bond donors (Lipinski definition) is 1. The largest absolute Gasteiger partial charge is 0.497 e. The molecule has 4 rings (SSSR count). The highest BCUT2D eigenvalue weighted by Crippen LogP contribution is 2.43. The van der Waals surface area contributed by atoms with Crippen LogP contribution in [0, 0.1) is 0 Å². The van der Waals surface area contributed by atoms with Crippen molar-refractivity contribution in [3.05, 3.63) is 29.5 Å². The number of hydrogen-bond acceptors (Lipinski definition) is 5. The van der Waals surface area contributed by atoms with Crippen LogP contribution in [0.3, 0.4) is 0 Å². The van der Waals surface area contributed by atoms with Gasteiger partial charge in [0.05, 0.1) is 26.0 Å². The minimum Gasteiger partial charge on any atom is -0.497 e. The second-order valence-electron chi connectivity index (χ2n) is 5.48. The van der Waals surface area contributed by atoms with E-state index in [9.17, 15) is 4.79 Å². The van der Waals surface area contributed by atoms with Crippen molar-refractivity contribution in [3.8, 4) is 17.0 Å². The second kappa shape index (κ2) is 5.90. The molecule has 1 aromatic heterocycles. The number of thioether (sulfide) groups is 1. The minimum absolute atomic E-state index is 0.00833. The first-order valence-electron chi connectivity index (χ1n) is 7.53. The van der Waals surface area contributed by atoms with E-state index in [1.54, 1.807) is 18.9 Å². The number of aromatic nitrogens is 2. The average molecular weight is 331 g/mol. The van der Waals surface area contributed by atoms with Crippen LogP contribution < -0.4 is 4.74 Å². The smallest absolute Gasteiger partial charge is 0.272 e. The molecule has 2 aliphatic rings. The summed E-state index contributed by atoms with van der Waals surface area (Å²) in [5.41, 5.74) is 3.46. The van der Waals surface area contributed by atoms with E-state index in [2.05, 4.69) is 10.2 Å². The van der Waals surface area contributed by atoms with Gasteiger partial charge in [-0.3, -0.25) is 9.89 Å². The number of amides is 1. The lowest BCUT2D eigenvalue weighted by Crippen LogP contribution is -2.41. The van der Waals surface area contributed by atoms with Gasteiger partial charge in [-0.15, -0.1) is 11.8 Å². The number of H-pyrrole nitrogens is 1. The van der Waals surface area contributed by atoms with E-state index in [1.807, 2.05) is 23.1 Å². The number of morpholine rings is 1. The van der Waals surface area contributed by atoms with Crippen LogP contribution in [-0.4, -0.2) is 54.4 Å². The van der Waals surface area contributed by atoms with Gasteiger partial charge in [-0.2, -0.15) is 5.10 Å². The Balaban J connectivity index is 1.71. The highest BCUT2D eigenvalue weighted by molar-refractivity contribution is 7.98. The van der Waals surface area contributed by atoms with Crippen LogP contribution in [0.15, 0.2) is 23.1 Å². The Morgan fingerprint density at radius 3 is 3.00 bits per heavy atom. The number of fused-ring (bicyclic) bond motifs is 3. The lowest BCUT2D eigenvalue weighted by atomic mass is 10.1. The third-order valence-electron chi connectivity index (χ3n) is 4.19. The molecule has 0 bridgehead atoms. The molecular weight excluding hydrogens is 314 g/mol. The van der Waals surface area contributed by atoms with Gasteiger partial charge >= 0.3 is 0 Å². The minimum atomic E-state index is 0.00833. The van der Waals surface area contributed by atoms with Gasteiger partial charge in [0.2, 0.25) is 0 Å². The van der Waals surface area contributed by atoms with Crippen LogP contribution >= 0.6 is 11.8 Å². The van der Waals surface area contributed by atoms with Crippen LogP contribution in [0.2, 0.25) is 0 Å². The van der Waals surface area contributed by atoms with E-state index in [0.29, 0.717) is 32.0 Å². The summed E-state index contributed by atoms with van der Waals surface area (Å²) in [5, 5.41) is 7.37. The quantitative estimate of drug-likeness (QED) is 0.913. The fourth-order valence-corrected chi connectivity index (χ4v) is 3.98. The summed E-state index contributed by atoms with van der Waals surface area (Å²) in [6, 6.07) is 5.97. The zero-order chi connectivity index (χ0) is 15.8. The Hall–Kier alpha value is -1.99. The van der Waals surface area contributed by atoms with Gasteiger partial charge in [-0.1, -0.05) is 0 Å². The van der Waals surface area contributed by atoms with Gasteiger partial charge in [-0.25, -0.2) is 0 Å². The Bertz CT molecular complexity index is 753. The van der Waals surface area contributed by atoms with E-state index in [1.165, 1.54) is 0 Å². The summed E-state index contributed by atoms with van der Waals surface area (Å²) in [5.74, 6) is 1.55. The van der Waals surface area contributed by atoms with Gasteiger partial charge in [0.15, 0.2) is 0 Å². The fourth-order valence-electron chi connectivity index (χ4n) is 2.93. The van der Waals surface area contributed by atoms with Crippen molar-refractivity contribution in [1.29, 1.82) is 0 Å². The number of benzene rings is 1. The van der Waals surface area contributed by atoms with E-state index < -0.39 is 0 Å². The summed E-state index contributed by atoms with van der Waals surface area (Å²) in [7, 11) is 1.65. The highest BCUT2D eigenvalue weighted by Gasteiger charge is 2.29. The molecule has 6 nitrogen and oxygen atoms in total. The van der Waals surface area contributed by atoms with Crippen LogP contribution in [0.5, 0.6) is 5.75 Å². The van der Waals surface area contributed by atoms with Gasteiger partial charge in [0.25, 0.3) is 5.91 Å². The van der Waals surface area contributed by atoms with Crippen molar-refractivity contribution >= 4 is 17.7 Å². The van der Waals surface area contributed by atoms with Gasteiger partial charge in [0.1, 0.15) is 11.4 Å². The first-order valence-corrected chi connectivity index (χ1v) is 8.52. The predicted molar refractivity (Wildman–Crippen MR) is 86.9 cm³/mol. The zero-order valence-electron chi connectivity index (χ0n) is 12.8. The Morgan fingerprint density at radius 2 is 2.22 bits per heavy atom. The monoisotopic (exact) mass is 331 g/mol. The van der Waals surface area contributed by atoms with E-state index in [0.717, 1.165) is 33.2 Å². The number of ether oxygens (including phenoxy) is 2. The lowest BCUT2D eigenvalue weighted by Gasteiger charge is -2.27. The number of carbonyl (C=O) groups is 1. The fraction of sp³-hybridized carbons (Fsp3) is 0.375. The standard InChI is InChI=1S/C16H17N3O3S/c1-21-10-2-3-13-11(8-10)14-12(9-23-13)15(18-17-14)16(20)19-4-6-22-7-5-19/h2-3,8H,4-7,9H2,1H3,(H,17,18). The van der Waals surface area contributed by atoms with Gasteiger partial charge in [0, 0.05) is 34.9 Å². The summed E-state index contributed by atoms with van der Waals surface area (Å²) >= 11 is 1.72. The molecule has 0 unspecified atom stereocenters. The van der Waals surface area contributed by atoms with Crippen LogP contribution in [0.4, 0.5) is 0 Å². The maximum Gasteiger partial charge on any atom is 0.272 e. The highest BCUT2D eigenvalue weighted by atomic mass is 32.2. The number of nitrogens with zero attached hydrogens (tertiary/aromatic N) is 2. The van der Waals surface area contributed by atoms with Crippen molar-refractivity contribution in [2.45, 2.75) is 10.6 Å². The molecule has 0 saturated carbocycles. The molecule has 0 spiro atoms. The number of methoxy groups -OCH3 is 1. The average Bonchev–Trinajstić information content (AvgIpc) is 3.05. The Morgan fingerprint density at radius 1 is 1.39 bits per heavy atom. The van der Waals surface area contributed by atoms with Crippen LogP contribution in [0.1, 0.15) is 16.1 Å². The molecule has 0 radical (unpaired) electrons. The molecule has 1 saturated heterocycles. The topological polar surface area (TPSA) is 67.5 Å². The molecule has 3 heterocycles. The summed E-state index contributed by atoms with van der Waals surface area (Å²) in [6.45, 7) is 2.45. The maximum atomic E-state index is 12.7. The van der Waals surface area contributed by atoms with Crippen molar-refractivity contribution in [2.24, 2.45) is 0 Å². The zero-order valence-corrected chi connectivity index (χ0v) is 13.6. The molecule has 0 aliphatic carbocycles. The number of carbonyl (C=O) groups excluding carboxylic acids is 1. The van der Waals surface area contributed by atoms with Crippen molar-refractivity contribution < 1.29 is 14.3 Å². The third-order valence-corrected chi connectivity index (χ3v) is 5.29. The van der Waals surface area contributed by atoms with Crippen molar-refractivity contribution in [1.82, 2.24) is 15.1 Å². The SMILES string of the molecule is COc1ccc2c(c1)-c1n[nH]c(C(=O)N3CCOCC3)c1CS2. The molecule has 1 N–H and O–H groups in total. The van der Waals surface area contributed by atoms with E-state index in [-0.39, 0.29) is 5.91 Å². The van der Waals surface area contributed by atoms with Crippen LogP contribution in [0.25, 0.3) is 11.3 Å². The first-order chi connectivity index (χ1) is 11.3. The van der Waals surface area contributed by atoms with Crippen molar-refractivity contribution in [3.63, 3.8) is 0 Å². The number of rotatable bonds is 2. The third kappa shape index (κ3) is 2.49. The summed E-state index contributed by atoms with van der Waals surface area (Å²) < 4.78 is 10.6. The molecule has 0 atom stereocenters.